The van der Waals surface area contributed by atoms with Crippen LogP contribution < -0.4 is 4.90 Å². The number of benzene rings is 6. The maximum Gasteiger partial charge on any atom is 0.246 e. The highest BCUT2D eigenvalue weighted by atomic mass is 16.3. The number of anilines is 3. The molecule has 0 bridgehead atoms. The number of fused-ring (bicyclic) bond motifs is 5. The molecule has 4 heteroatoms. The Morgan fingerprint density at radius 3 is 1.67 bits per heavy atom. The summed E-state index contributed by atoms with van der Waals surface area (Å²) in [5, 5.41) is 3.16. The van der Waals surface area contributed by atoms with Crippen LogP contribution in [0.3, 0.4) is 0 Å². The van der Waals surface area contributed by atoms with Crippen molar-refractivity contribution in [2.75, 3.05) is 4.90 Å². The van der Waals surface area contributed by atoms with Crippen LogP contribution in [0.15, 0.2) is 156 Å². The smallest absolute Gasteiger partial charge is 0.246 e. The molecule has 0 aliphatic heterocycles. The van der Waals surface area contributed by atoms with Gasteiger partial charge in [-0.15, -0.1) is 0 Å². The molecular formula is C38H25N3O. The average molecular weight is 540 g/mol. The number of hydrogen-bond acceptors (Lipinski definition) is 4. The number of aromatic nitrogens is 2. The first kappa shape index (κ1) is 24.1. The summed E-state index contributed by atoms with van der Waals surface area (Å²) in [7, 11) is 0. The summed E-state index contributed by atoms with van der Waals surface area (Å²) in [5.41, 5.74) is 8.97. The normalized spacial score (nSPS) is 11.3. The molecule has 4 nitrogen and oxygen atoms in total. The van der Waals surface area contributed by atoms with Crippen LogP contribution in [0.4, 0.5) is 17.1 Å². The first-order valence-corrected chi connectivity index (χ1v) is 14.0. The van der Waals surface area contributed by atoms with Crippen molar-refractivity contribution in [2.45, 2.75) is 0 Å². The summed E-state index contributed by atoms with van der Waals surface area (Å²) >= 11 is 0. The van der Waals surface area contributed by atoms with Gasteiger partial charge < -0.3 is 9.32 Å². The molecule has 8 rings (SSSR count). The lowest BCUT2D eigenvalue weighted by Gasteiger charge is -2.25. The third-order valence-corrected chi connectivity index (χ3v) is 7.67. The molecule has 198 valence electrons. The van der Waals surface area contributed by atoms with Crippen LogP contribution in [0.5, 0.6) is 0 Å². The van der Waals surface area contributed by atoms with Gasteiger partial charge in [-0.3, -0.25) is 0 Å². The standard InChI is InChI=1S/C38H25N3O/c1-4-13-27(14-5-1)34-35(40-38-36(39-34)33-25-22-26-12-10-11-19-32(26)37(33)42-38)28-20-23-31(24-21-28)41(29-15-6-2-7-16-29)30-17-8-3-9-18-30/h1-25H. The number of hydrogen-bond donors (Lipinski definition) is 0. The van der Waals surface area contributed by atoms with E-state index in [2.05, 4.69) is 114 Å². The highest BCUT2D eigenvalue weighted by molar-refractivity contribution is 6.13. The first-order chi connectivity index (χ1) is 20.8. The van der Waals surface area contributed by atoms with Crippen molar-refractivity contribution >= 4 is 50.0 Å². The zero-order chi connectivity index (χ0) is 27.9. The lowest BCUT2D eigenvalue weighted by Crippen LogP contribution is -2.09. The molecule has 0 N–H and O–H groups in total. The monoisotopic (exact) mass is 539 g/mol. The number of nitrogens with zero attached hydrogens (tertiary/aromatic N) is 3. The average Bonchev–Trinajstić information content (AvgIpc) is 3.44. The summed E-state index contributed by atoms with van der Waals surface area (Å²) in [6, 6.07) is 52.1. The Labute approximate surface area is 243 Å². The summed E-state index contributed by atoms with van der Waals surface area (Å²) in [5.74, 6) is 0. The molecule has 8 aromatic rings. The summed E-state index contributed by atoms with van der Waals surface area (Å²) in [4.78, 5) is 12.6. The van der Waals surface area contributed by atoms with Gasteiger partial charge in [-0.2, -0.15) is 0 Å². The predicted octanol–water partition coefficient (Wildman–Crippen LogP) is 10.3. The molecule has 0 saturated heterocycles. The highest BCUT2D eigenvalue weighted by Gasteiger charge is 2.19. The van der Waals surface area contributed by atoms with Gasteiger partial charge >= 0.3 is 0 Å². The zero-order valence-electron chi connectivity index (χ0n) is 22.7. The summed E-state index contributed by atoms with van der Waals surface area (Å²) < 4.78 is 6.41. The Balaban J connectivity index is 1.31. The highest BCUT2D eigenvalue weighted by Crippen LogP contribution is 2.39. The van der Waals surface area contributed by atoms with E-state index < -0.39 is 0 Å². The van der Waals surface area contributed by atoms with E-state index in [4.69, 9.17) is 14.4 Å². The Morgan fingerprint density at radius 1 is 0.429 bits per heavy atom. The van der Waals surface area contributed by atoms with E-state index in [9.17, 15) is 0 Å². The molecular weight excluding hydrogens is 514 g/mol. The maximum atomic E-state index is 6.41. The number of furan rings is 1. The van der Waals surface area contributed by atoms with Crippen molar-refractivity contribution in [3.63, 3.8) is 0 Å². The molecule has 0 spiro atoms. The van der Waals surface area contributed by atoms with Gasteiger partial charge in [0.05, 0.1) is 5.69 Å². The third kappa shape index (κ3) is 4.09. The van der Waals surface area contributed by atoms with Crippen LogP contribution in [0.1, 0.15) is 0 Å². The molecule has 42 heavy (non-hydrogen) atoms. The first-order valence-electron chi connectivity index (χ1n) is 14.0. The van der Waals surface area contributed by atoms with Crippen molar-refractivity contribution in [1.82, 2.24) is 9.97 Å². The van der Waals surface area contributed by atoms with Gasteiger partial charge in [0.25, 0.3) is 0 Å². The van der Waals surface area contributed by atoms with Crippen LogP contribution in [0.2, 0.25) is 0 Å². The molecule has 0 amide bonds. The van der Waals surface area contributed by atoms with E-state index in [1.807, 2.05) is 42.5 Å². The molecule has 0 aliphatic carbocycles. The molecule has 2 heterocycles. The second-order valence-electron chi connectivity index (χ2n) is 10.3. The number of para-hydroxylation sites is 2. The molecule has 0 fully saturated rings. The second-order valence-corrected chi connectivity index (χ2v) is 10.3. The number of rotatable bonds is 5. The lowest BCUT2D eigenvalue weighted by atomic mass is 10.0. The fourth-order valence-electron chi connectivity index (χ4n) is 5.67. The Morgan fingerprint density at radius 2 is 0.976 bits per heavy atom. The topological polar surface area (TPSA) is 42.2 Å². The second kappa shape index (κ2) is 10.0. The van der Waals surface area contributed by atoms with Crippen LogP contribution in [0.25, 0.3) is 55.5 Å². The molecule has 0 atom stereocenters. The molecule has 6 aromatic carbocycles. The van der Waals surface area contributed by atoms with Gasteiger partial charge in [0.1, 0.15) is 16.8 Å². The predicted molar refractivity (Wildman–Crippen MR) is 172 cm³/mol. The SMILES string of the molecule is c1ccc(-c2nc3c(nc2-c2ccc(N(c4ccccc4)c4ccccc4)cc2)oc2c4ccccc4ccc32)cc1. The van der Waals surface area contributed by atoms with E-state index in [1.165, 1.54) is 0 Å². The van der Waals surface area contributed by atoms with Crippen LogP contribution >= 0.6 is 0 Å². The van der Waals surface area contributed by atoms with Gasteiger partial charge in [-0.05, 0) is 47.9 Å². The maximum absolute atomic E-state index is 6.41. The minimum Gasteiger partial charge on any atom is -0.436 e. The largest absolute Gasteiger partial charge is 0.436 e. The minimum absolute atomic E-state index is 0.537. The van der Waals surface area contributed by atoms with Crippen LogP contribution in [0, 0.1) is 0 Å². The van der Waals surface area contributed by atoms with Crippen molar-refractivity contribution < 1.29 is 4.42 Å². The van der Waals surface area contributed by atoms with Crippen molar-refractivity contribution in [1.29, 1.82) is 0 Å². The van der Waals surface area contributed by atoms with Gasteiger partial charge in [0, 0.05) is 39.0 Å². The van der Waals surface area contributed by atoms with Gasteiger partial charge in [-0.25, -0.2) is 9.97 Å². The third-order valence-electron chi connectivity index (χ3n) is 7.67. The van der Waals surface area contributed by atoms with Crippen molar-refractivity contribution in [3.05, 3.63) is 152 Å². The van der Waals surface area contributed by atoms with E-state index in [0.717, 1.165) is 66.8 Å². The minimum atomic E-state index is 0.537. The molecule has 0 saturated carbocycles. The van der Waals surface area contributed by atoms with Gasteiger partial charge in [0.2, 0.25) is 5.71 Å². The van der Waals surface area contributed by atoms with Crippen LogP contribution in [-0.4, -0.2) is 9.97 Å². The molecule has 0 aliphatic rings. The van der Waals surface area contributed by atoms with Crippen LogP contribution in [-0.2, 0) is 0 Å². The fraction of sp³-hybridized carbons (Fsp3) is 0. The summed E-state index contributed by atoms with van der Waals surface area (Å²) in [6.45, 7) is 0. The fourth-order valence-corrected chi connectivity index (χ4v) is 5.67. The van der Waals surface area contributed by atoms with E-state index in [0.29, 0.717) is 5.71 Å². The van der Waals surface area contributed by atoms with E-state index in [1.54, 1.807) is 0 Å². The van der Waals surface area contributed by atoms with Crippen molar-refractivity contribution in [2.24, 2.45) is 0 Å². The van der Waals surface area contributed by atoms with Gasteiger partial charge in [0.15, 0.2) is 0 Å². The molecule has 2 aromatic heterocycles. The van der Waals surface area contributed by atoms with E-state index >= 15 is 0 Å². The molecule has 0 radical (unpaired) electrons. The lowest BCUT2D eigenvalue weighted by molar-refractivity contribution is 0.657. The van der Waals surface area contributed by atoms with Gasteiger partial charge in [-0.1, -0.05) is 109 Å². The molecule has 0 unspecified atom stereocenters. The Bertz CT molecular complexity index is 2130. The quantitative estimate of drug-likeness (QED) is 0.218. The summed E-state index contributed by atoms with van der Waals surface area (Å²) in [6.07, 6.45) is 0. The Hall–Kier alpha value is -5.74. The zero-order valence-corrected chi connectivity index (χ0v) is 22.7. The van der Waals surface area contributed by atoms with E-state index in [-0.39, 0.29) is 0 Å². The Kier molecular flexibility index (Phi) is 5.75. The van der Waals surface area contributed by atoms with Crippen molar-refractivity contribution in [3.8, 4) is 22.5 Å².